The first-order valence-electron chi connectivity index (χ1n) is 4.31. The van der Waals surface area contributed by atoms with E-state index in [1.54, 1.807) is 6.92 Å². The molecule has 8 heteroatoms. The van der Waals surface area contributed by atoms with Gasteiger partial charge in [0, 0.05) is 18.0 Å². The lowest BCUT2D eigenvalue weighted by molar-refractivity contribution is -0.468. The van der Waals surface area contributed by atoms with E-state index in [9.17, 15) is 19.7 Å². The molecule has 0 saturated carbocycles. The highest BCUT2D eigenvalue weighted by molar-refractivity contribution is 5.92. The highest BCUT2D eigenvalue weighted by Crippen LogP contribution is 1.95. The monoisotopic (exact) mass is 219 g/mol. The Morgan fingerprint density at radius 2 is 2.13 bits per heavy atom. The lowest BCUT2D eigenvalue weighted by Gasteiger charge is -2.16. The highest BCUT2D eigenvalue weighted by Gasteiger charge is 2.25. The maximum Gasteiger partial charge on any atom is 0.416 e. The molecule has 0 aliphatic rings. The van der Waals surface area contributed by atoms with Crippen LogP contribution in [0.2, 0.25) is 0 Å². The number of ether oxygens (including phenoxy) is 1. The van der Waals surface area contributed by atoms with Gasteiger partial charge in [0.15, 0.2) is 0 Å². The van der Waals surface area contributed by atoms with Gasteiger partial charge >= 0.3 is 12.0 Å². The first-order chi connectivity index (χ1) is 7.02. The normalized spacial score (nSPS) is 9.47. The summed E-state index contributed by atoms with van der Waals surface area (Å²) in [6, 6.07) is 0. The van der Waals surface area contributed by atoms with E-state index in [0.717, 1.165) is 0 Å². The fraction of sp³-hybridized carbons (Fsp3) is 0.714. The van der Waals surface area contributed by atoms with Crippen molar-refractivity contribution < 1.29 is 19.2 Å². The highest BCUT2D eigenvalue weighted by atomic mass is 16.6. The quantitative estimate of drug-likeness (QED) is 0.478. The van der Waals surface area contributed by atoms with Crippen LogP contribution in [-0.4, -0.2) is 48.1 Å². The summed E-state index contributed by atoms with van der Waals surface area (Å²) in [5.41, 5.74) is 5.16. The average molecular weight is 219 g/mol. The molecule has 0 aromatic heterocycles. The molecule has 0 aromatic rings. The third kappa shape index (κ3) is 4.91. The molecule has 0 saturated heterocycles. The molecule has 0 aliphatic heterocycles. The van der Waals surface area contributed by atoms with Crippen LogP contribution in [0.25, 0.3) is 0 Å². The van der Waals surface area contributed by atoms with Crippen LogP contribution in [0, 0.1) is 10.1 Å². The summed E-state index contributed by atoms with van der Waals surface area (Å²) < 4.78 is 4.55. The molecular formula is C7H13N3O5. The van der Waals surface area contributed by atoms with Crippen molar-refractivity contribution in [1.29, 1.82) is 0 Å². The molecule has 86 valence electrons. The Hall–Kier alpha value is -1.70. The smallest absolute Gasteiger partial charge is 0.416 e. The van der Waals surface area contributed by atoms with Crippen molar-refractivity contribution in [3.05, 3.63) is 10.1 Å². The van der Waals surface area contributed by atoms with Crippen LogP contribution in [0.3, 0.4) is 0 Å². The van der Waals surface area contributed by atoms with E-state index in [2.05, 4.69) is 4.74 Å². The van der Waals surface area contributed by atoms with Crippen LogP contribution in [0.4, 0.5) is 4.79 Å². The Morgan fingerprint density at radius 1 is 1.53 bits per heavy atom. The number of amides is 2. The minimum atomic E-state index is -0.946. The van der Waals surface area contributed by atoms with Gasteiger partial charge in [-0.05, 0) is 6.92 Å². The number of rotatable bonds is 5. The van der Waals surface area contributed by atoms with E-state index in [-0.39, 0.29) is 19.7 Å². The Bertz CT molecular complexity index is 255. The number of carbonyl (C=O) groups is 2. The second kappa shape index (κ2) is 6.71. The minimum Gasteiger partial charge on any atom is -0.449 e. The lowest BCUT2D eigenvalue weighted by atomic mass is 10.4. The molecule has 0 rings (SSSR count). The third-order valence-corrected chi connectivity index (χ3v) is 1.41. The Balaban J connectivity index is 4.42. The molecule has 2 N–H and O–H groups in total. The fourth-order valence-electron chi connectivity index (χ4n) is 0.844. The van der Waals surface area contributed by atoms with Crippen LogP contribution < -0.4 is 5.73 Å². The molecule has 0 aliphatic carbocycles. The number of carbonyl (C=O) groups excluding carboxylic acids is 2. The molecule has 0 atom stereocenters. The van der Waals surface area contributed by atoms with Crippen LogP contribution in [0.15, 0.2) is 0 Å². The predicted molar refractivity (Wildman–Crippen MR) is 49.7 cm³/mol. The van der Waals surface area contributed by atoms with Crippen molar-refractivity contribution in [3.63, 3.8) is 0 Å². The second-order valence-electron chi connectivity index (χ2n) is 2.52. The summed E-state index contributed by atoms with van der Waals surface area (Å²) in [7, 11) is 0. The zero-order valence-corrected chi connectivity index (χ0v) is 8.34. The number of nitro groups is 1. The van der Waals surface area contributed by atoms with Gasteiger partial charge < -0.3 is 10.5 Å². The van der Waals surface area contributed by atoms with E-state index in [4.69, 9.17) is 5.73 Å². The SMILES string of the molecule is CCOC(=O)N(CCN)C(=O)C[N+](=O)[O-]. The van der Waals surface area contributed by atoms with Gasteiger partial charge in [-0.15, -0.1) is 0 Å². The minimum absolute atomic E-state index is 0.0300. The average Bonchev–Trinajstić information content (AvgIpc) is 2.13. The lowest BCUT2D eigenvalue weighted by Crippen LogP contribution is -2.43. The Labute approximate surface area is 86.1 Å². The van der Waals surface area contributed by atoms with Crippen molar-refractivity contribution in [2.75, 3.05) is 26.2 Å². The van der Waals surface area contributed by atoms with Gasteiger partial charge in [0.1, 0.15) is 0 Å². The van der Waals surface area contributed by atoms with Crippen LogP contribution in [0.5, 0.6) is 0 Å². The number of hydrogen-bond acceptors (Lipinski definition) is 6. The van der Waals surface area contributed by atoms with Gasteiger partial charge in [0.25, 0.3) is 6.54 Å². The number of hydrogen-bond donors (Lipinski definition) is 1. The summed E-state index contributed by atoms with van der Waals surface area (Å²) in [6.45, 7) is 0.648. The third-order valence-electron chi connectivity index (χ3n) is 1.41. The Kier molecular flexibility index (Phi) is 5.95. The maximum atomic E-state index is 11.2. The molecule has 0 unspecified atom stereocenters. The topological polar surface area (TPSA) is 116 Å². The van der Waals surface area contributed by atoms with E-state index in [1.807, 2.05) is 0 Å². The van der Waals surface area contributed by atoms with Crippen molar-refractivity contribution in [3.8, 4) is 0 Å². The molecule has 2 amide bonds. The zero-order chi connectivity index (χ0) is 11.8. The van der Waals surface area contributed by atoms with Gasteiger partial charge in [0.2, 0.25) is 0 Å². The van der Waals surface area contributed by atoms with Gasteiger partial charge in [-0.1, -0.05) is 0 Å². The number of nitrogens with two attached hydrogens (primary N) is 1. The molecule has 0 heterocycles. The molecular weight excluding hydrogens is 206 g/mol. The maximum absolute atomic E-state index is 11.2. The molecule has 0 radical (unpaired) electrons. The van der Waals surface area contributed by atoms with Crippen molar-refractivity contribution in [2.45, 2.75) is 6.92 Å². The van der Waals surface area contributed by atoms with E-state index in [0.29, 0.717) is 4.90 Å². The van der Waals surface area contributed by atoms with Gasteiger partial charge in [0.05, 0.1) is 6.61 Å². The van der Waals surface area contributed by atoms with Crippen molar-refractivity contribution in [1.82, 2.24) is 4.90 Å². The second-order valence-corrected chi connectivity index (χ2v) is 2.52. The molecule has 15 heavy (non-hydrogen) atoms. The summed E-state index contributed by atoms with van der Waals surface area (Å²) in [6.07, 6.45) is -0.908. The van der Waals surface area contributed by atoms with E-state index < -0.39 is 23.5 Å². The predicted octanol–water partition coefficient (Wildman–Crippen LogP) is -0.793. The largest absolute Gasteiger partial charge is 0.449 e. The molecule has 0 bridgehead atoms. The van der Waals surface area contributed by atoms with Crippen LogP contribution in [-0.2, 0) is 9.53 Å². The van der Waals surface area contributed by atoms with Gasteiger partial charge in [-0.2, -0.15) is 0 Å². The summed E-state index contributed by atoms with van der Waals surface area (Å²) in [4.78, 5) is 32.2. The van der Waals surface area contributed by atoms with Crippen LogP contribution in [0.1, 0.15) is 6.92 Å². The summed E-state index contributed by atoms with van der Waals surface area (Å²) >= 11 is 0. The van der Waals surface area contributed by atoms with Crippen molar-refractivity contribution in [2.24, 2.45) is 5.73 Å². The number of nitrogens with zero attached hydrogens (tertiary/aromatic N) is 2. The number of imide groups is 1. The van der Waals surface area contributed by atoms with Crippen LogP contribution >= 0.6 is 0 Å². The zero-order valence-electron chi connectivity index (χ0n) is 8.34. The molecule has 0 spiro atoms. The molecule has 0 fully saturated rings. The standard InChI is InChI=1S/C7H13N3O5/c1-2-15-7(12)9(4-3-8)6(11)5-10(13)14/h2-5,8H2,1H3. The fourth-order valence-corrected chi connectivity index (χ4v) is 0.844. The Morgan fingerprint density at radius 3 is 2.53 bits per heavy atom. The first kappa shape index (κ1) is 13.3. The summed E-state index contributed by atoms with van der Waals surface area (Å²) in [5.74, 6) is -0.927. The molecule has 0 aromatic carbocycles. The van der Waals surface area contributed by atoms with E-state index >= 15 is 0 Å². The van der Waals surface area contributed by atoms with Gasteiger partial charge in [-0.25, -0.2) is 9.69 Å². The van der Waals surface area contributed by atoms with Gasteiger partial charge in [-0.3, -0.25) is 14.9 Å². The van der Waals surface area contributed by atoms with Crippen molar-refractivity contribution >= 4 is 12.0 Å². The summed E-state index contributed by atoms with van der Waals surface area (Å²) in [5, 5.41) is 10.1. The first-order valence-corrected chi connectivity index (χ1v) is 4.31. The molecule has 8 nitrogen and oxygen atoms in total. The van der Waals surface area contributed by atoms with E-state index in [1.165, 1.54) is 0 Å².